The van der Waals surface area contributed by atoms with Gasteiger partial charge in [0.15, 0.2) is 0 Å². The Morgan fingerprint density at radius 3 is 1.45 bits per heavy atom. The van der Waals surface area contributed by atoms with Gasteiger partial charge < -0.3 is 0 Å². The molecule has 0 aliphatic carbocycles. The highest BCUT2D eigenvalue weighted by Gasteiger charge is 2.15. The molecule has 0 saturated heterocycles. The number of sulfone groups is 1. The van der Waals surface area contributed by atoms with Gasteiger partial charge in [-0.25, -0.2) is 8.42 Å². The number of benzene rings is 2. The topological polar surface area (TPSA) is 80.7 Å². The third kappa shape index (κ3) is 4.83. The van der Waals surface area contributed by atoms with Crippen LogP contribution in [0.15, 0.2) is 70.5 Å². The Labute approximate surface area is 118 Å². The lowest BCUT2D eigenvalue weighted by molar-refractivity contribution is 0.343. The second kappa shape index (κ2) is 7.87. The normalized spacial score (nSPS) is 11.2. The predicted octanol–water partition coefficient (Wildman–Crippen LogP) is 2.80. The minimum atomic E-state index is -3.34. The smallest absolute Gasteiger partial charge is 0.219 e. The van der Waals surface area contributed by atoms with E-state index in [1.807, 2.05) is 0 Å². The second-order valence-corrected chi connectivity index (χ2v) is 6.34. The fourth-order valence-corrected chi connectivity index (χ4v) is 2.64. The number of hydrogen-bond donors (Lipinski definition) is 1. The zero-order chi connectivity index (χ0) is 15.0. The van der Waals surface area contributed by atoms with Crippen molar-refractivity contribution in [2.45, 2.75) is 9.79 Å². The maximum absolute atomic E-state index is 12.0. The minimum absolute atomic E-state index is 0.330. The highest BCUT2D eigenvalue weighted by molar-refractivity contribution is 7.91. The molecular weight excluding hydrogens is 299 g/mol. The van der Waals surface area contributed by atoms with E-state index in [1.165, 1.54) is 7.11 Å². The summed E-state index contributed by atoms with van der Waals surface area (Å²) in [6.45, 7) is 0. The quantitative estimate of drug-likeness (QED) is 0.881. The molecule has 1 atom stereocenters. The molecule has 1 unspecified atom stereocenters. The molecule has 0 radical (unpaired) electrons. The van der Waals surface area contributed by atoms with Crippen LogP contribution in [0, 0.1) is 0 Å². The molecule has 0 aliphatic heterocycles. The molecule has 5 nitrogen and oxygen atoms in total. The van der Waals surface area contributed by atoms with Crippen LogP contribution in [0.5, 0.6) is 0 Å². The highest BCUT2D eigenvalue weighted by atomic mass is 32.2. The van der Waals surface area contributed by atoms with E-state index in [0.717, 1.165) is 0 Å². The largest absolute Gasteiger partial charge is 0.694 e. The first-order valence-electron chi connectivity index (χ1n) is 5.54. The molecule has 0 aromatic heterocycles. The fraction of sp³-hybridized carbons (Fsp3) is 0.0769. The number of hydrogen-bond acceptors (Lipinski definition) is 4. The van der Waals surface area contributed by atoms with Crippen molar-refractivity contribution in [1.82, 2.24) is 0 Å². The van der Waals surface area contributed by atoms with Crippen molar-refractivity contribution in [3.8, 4) is 0 Å². The third-order valence-corrected chi connectivity index (χ3v) is 4.36. The van der Waals surface area contributed by atoms with Crippen molar-refractivity contribution in [2.75, 3.05) is 7.11 Å². The van der Waals surface area contributed by atoms with Crippen LogP contribution in [0.1, 0.15) is 0 Å². The molecule has 20 heavy (non-hydrogen) atoms. The molecule has 106 valence electrons. The van der Waals surface area contributed by atoms with Crippen molar-refractivity contribution in [3.05, 3.63) is 60.7 Å². The van der Waals surface area contributed by atoms with Crippen LogP contribution in [-0.2, 0) is 18.9 Å². The van der Waals surface area contributed by atoms with Crippen LogP contribution < -0.4 is 0 Å². The second-order valence-electron chi connectivity index (χ2n) is 3.55. The summed E-state index contributed by atoms with van der Waals surface area (Å²) < 4.78 is 37.2. The Morgan fingerprint density at radius 2 is 1.20 bits per heavy atom. The molecule has 2 rings (SSSR count). The molecule has 7 heteroatoms. The average molecular weight is 313 g/mol. The molecule has 1 N–H and O–H groups in total. The fourth-order valence-electron chi connectivity index (χ4n) is 1.34. The van der Waals surface area contributed by atoms with Crippen LogP contribution in [0.2, 0.25) is 0 Å². The Hall–Kier alpha value is -1.59. The molecule has 0 amide bonds. The lowest BCUT2D eigenvalue weighted by Gasteiger charge is -2.03. The van der Waals surface area contributed by atoms with Crippen molar-refractivity contribution in [3.63, 3.8) is 0 Å². The SMILES string of the molecule is CO[P+](=O)O.O=S(=O)(c1ccccc1)c1ccccc1. The van der Waals surface area contributed by atoms with Gasteiger partial charge in [0, 0.05) is 4.57 Å². The van der Waals surface area contributed by atoms with E-state index in [4.69, 9.17) is 4.89 Å². The summed E-state index contributed by atoms with van der Waals surface area (Å²) in [5.74, 6) is 0. The van der Waals surface area contributed by atoms with E-state index in [0.29, 0.717) is 9.79 Å². The molecule has 0 spiro atoms. The summed E-state index contributed by atoms with van der Waals surface area (Å²) >= 11 is 0. The third-order valence-electron chi connectivity index (χ3n) is 2.26. The first-order chi connectivity index (χ1) is 9.48. The van der Waals surface area contributed by atoms with Gasteiger partial charge in [-0.2, -0.15) is 0 Å². The van der Waals surface area contributed by atoms with Crippen molar-refractivity contribution >= 4 is 18.1 Å². The van der Waals surface area contributed by atoms with Gasteiger partial charge in [-0.1, -0.05) is 36.4 Å². The first-order valence-corrected chi connectivity index (χ1v) is 8.15. The Balaban J connectivity index is 0.000000347. The van der Waals surface area contributed by atoms with Gasteiger partial charge in [0.25, 0.3) is 0 Å². The zero-order valence-corrected chi connectivity index (χ0v) is 12.4. The lowest BCUT2D eigenvalue weighted by atomic mass is 10.4. The predicted molar refractivity (Wildman–Crippen MR) is 75.2 cm³/mol. The molecule has 0 bridgehead atoms. The molecule has 0 saturated carbocycles. The summed E-state index contributed by atoms with van der Waals surface area (Å²) in [5, 5.41) is 0. The highest BCUT2D eigenvalue weighted by Crippen LogP contribution is 2.19. The van der Waals surface area contributed by atoms with Gasteiger partial charge in [-0.05, 0) is 24.3 Å². The van der Waals surface area contributed by atoms with Crippen LogP contribution in [0.3, 0.4) is 0 Å². The zero-order valence-electron chi connectivity index (χ0n) is 10.7. The summed E-state index contributed by atoms with van der Waals surface area (Å²) in [5.41, 5.74) is 0. The molecule has 0 aliphatic rings. The van der Waals surface area contributed by atoms with Gasteiger partial charge in [0.2, 0.25) is 9.84 Å². The average Bonchev–Trinajstić information content (AvgIpc) is 2.49. The van der Waals surface area contributed by atoms with E-state index in [-0.39, 0.29) is 0 Å². The molecule has 0 heterocycles. The maximum atomic E-state index is 12.0. The molecule has 0 fully saturated rings. The molecular formula is C13H14O5PS+. The van der Waals surface area contributed by atoms with Gasteiger partial charge >= 0.3 is 8.25 Å². The van der Waals surface area contributed by atoms with Crippen molar-refractivity contribution in [1.29, 1.82) is 0 Å². The van der Waals surface area contributed by atoms with Crippen LogP contribution in [-0.4, -0.2) is 20.4 Å². The Bertz CT molecular complexity index is 595. The Kier molecular flexibility index (Phi) is 6.48. The van der Waals surface area contributed by atoms with E-state index in [2.05, 4.69) is 4.52 Å². The first kappa shape index (κ1) is 16.5. The Morgan fingerprint density at radius 1 is 0.900 bits per heavy atom. The van der Waals surface area contributed by atoms with Crippen LogP contribution in [0.4, 0.5) is 0 Å². The lowest BCUT2D eigenvalue weighted by Crippen LogP contribution is -2.00. The summed E-state index contributed by atoms with van der Waals surface area (Å²) in [6, 6.07) is 16.9. The van der Waals surface area contributed by atoms with Gasteiger partial charge in [0.1, 0.15) is 0 Å². The number of rotatable bonds is 3. The molecule has 2 aromatic carbocycles. The van der Waals surface area contributed by atoms with Crippen LogP contribution in [0.25, 0.3) is 0 Å². The summed E-state index contributed by atoms with van der Waals surface area (Å²) in [4.78, 5) is 8.31. The van der Waals surface area contributed by atoms with Crippen molar-refractivity contribution < 1.29 is 22.4 Å². The van der Waals surface area contributed by atoms with Crippen LogP contribution >= 0.6 is 8.25 Å². The standard InChI is InChI=1S/C12H10O2S.CH3O3P/c13-15(14,11-7-3-1-4-8-11)12-9-5-2-6-10-12;1-4-5(2)3/h1-10H;1H3/p+1. The molecule has 2 aromatic rings. The van der Waals surface area contributed by atoms with E-state index in [9.17, 15) is 13.0 Å². The minimum Gasteiger partial charge on any atom is -0.219 e. The van der Waals surface area contributed by atoms with Gasteiger partial charge in [-0.3, -0.25) is 0 Å². The van der Waals surface area contributed by atoms with E-state index in [1.54, 1.807) is 60.7 Å². The van der Waals surface area contributed by atoms with Gasteiger partial charge in [0.05, 0.1) is 16.9 Å². The van der Waals surface area contributed by atoms with Gasteiger partial charge in [-0.15, -0.1) is 9.42 Å². The van der Waals surface area contributed by atoms with Crippen molar-refractivity contribution in [2.24, 2.45) is 0 Å². The summed E-state index contributed by atoms with van der Waals surface area (Å²) in [7, 11) is -4.52. The monoisotopic (exact) mass is 313 g/mol. The van der Waals surface area contributed by atoms with E-state index >= 15 is 0 Å². The van der Waals surface area contributed by atoms with E-state index < -0.39 is 18.1 Å². The maximum Gasteiger partial charge on any atom is 0.694 e. The summed E-state index contributed by atoms with van der Waals surface area (Å²) in [6.07, 6.45) is 0.